The van der Waals surface area contributed by atoms with Crippen LogP contribution in [0.25, 0.3) is 16.5 Å². The number of carbonyl (C=O) groups excluding carboxylic acids is 2. The smallest absolute Gasteiger partial charge is 0.409 e. The SMILES string of the molecule is CCOC(=O)N1CCC(NC(=O)c2cnn(-c3ncc(C)c(-c4cccs4)n3)c2C)CC1. The van der Waals surface area contributed by atoms with Crippen LogP contribution in [0.4, 0.5) is 4.79 Å². The molecular weight excluding hydrogens is 428 g/mol. The number of likely N-dealkylation sites (tertiary alicyclic amines) is 1. The summed E-state index contributed by atoms with van der Waals surface area (Å²) in [5, 5.41) is 9.45. The maximum absolute atomic E-state index is 12.9. The molecule has 1 N–H and O–H groups in total. The molecule has 4 rings (SSSR count). The molecule has 2 amide bonds. The zero-order chi connectivity index (χ0) is 22.7. The molecule has 3 aromatic rings. The number of hydrogen-bond acceptors (Lipinski definition) is 7. The number of rotatable bonds is 5. The Balaban J connectivity index is 1.45. The van der Waals surface area contributed by atoms with Gasteiger partial charge in [0, 0.05) is 25.3 Å². The molecule has 9 nitrogen and oxygen atoms in total. The molecule has 1 aliphatic rings. The number of amides is 2. The minimum Gasteiger partial charge on any atom is -0.450 e. The van der Waals surface area contributed by atoms with Gasteiger partial charge in [-0.1, -0.05) is 6.07 Å². The summed E-state index contributed by atoms with van der Waals surface area (Å²) in [6, 6.07) is 4.00. The normalized spacial score (nSPS) is 14.4. The first-order valence-corrected chi connectivity index (χ1v) is 11.5. The van der Waals surface area contributed by atoms with Crippen molar-refractivity contribution in [2.75, 3.05) is 19.7 Å². The molecule has 1 saturated heterocycles. The van der Waals surface area contributed by atoms with Crippen LogP contribution in [0.2, 0.25) is 0 Å². The van der Waals surface area contributed by atoms with Crippen LogP contribution in [0.3, 0.4) is 0 Å². The molecule has 10 heteroatoms. The standard InChI is InChI=1S/C22H26N6O3S/c1-4-31-22(30)27-9-7-16(8-10-27)25-20(29)17-13-24-28(15(17)3)21-23-12-14(2)19(26-21)18-6-5-11-32-18/h5-6,11-13,16H,4,7-10H2,1-3H3,(H,25,29). The maximum Gasteiger partial charge on any atom is 0.409 e. The lowest BCUT2D eigenvalue weighted by atomic mass is 10.0. The van der Waals surface area contributed by atoms with Crippen LogP contribution >= 0.6 is 11.3 Å². The topological polar surface area (TPSA) is 102 Å². The third kappa shape index (κ3) is 4.50. The number of piperidine rings is 1. The first-order chi connectivity index (χ1) is 15.5. The fourth-order valence-corrected chi connectivity index (χ4v) is 4.50. The van der Waals surface area contributed by atoms with Crippen LogP contribution in [0, 0.1) is 13.8 Å². The van der Waals surface area contributed by atoms with Crippen molar-refractivity contribution >= 4 is 23.3 Å². The average Bonchev–Trinajstić information content (AvgIpc) is 3.45. The predicted molar refractivity (Wildman–Crippen MR) is 121 cm³/mol. The molecule has 4 heterocycles. The van der Waals surface area contributed by atoms with Gasteiger partial charge < -0.3 is 15.0 Å². The van der Waals surface area contributed by atoms with E-state index in [0.717, 1.165) is 16.1 Å². The summed E-state index contributed by atoms with van der Waals surface area (Å²) in [4.78, 5) is 36.6. The first-order valence-electron chi connectivity index (χ1n) is 10.6. The van der Waals surface area contributed by atoms with E-state index in [2.05, 4.69) is 15.4 Å². The number of thiophene rings is 1. The number of nitrogens with zero attached hydrogens (tertiary/aromatic N) is 5. The van der Waals surface area contributed by atoms with Gasteiger partial charge in [0.25, 0.3) is 11.9 Å². The van der Waals surface area contributed by atoms with Crippen molar-refractivity contribution in [3.05, 3.63) is 46.7 Å². The molecule has 0 radical (unpaired) electrons. The van der Waals surface area contributed by atoms with Gasteiger partial charge in [-0.2, -0.15) is 5.10 Å². The average molecular weight is 455 g/mol. The fourth-order valence-electron chi connectivity index (χ4n) is 3.72. The monoisotopic (exact) mass is 454 g/mol. The van der Waals surface area contributed by atoms with Gasteiger partial charge >= 0.3 is 6.09 Å². The van der Waals surface area contributed by atoms with E-state index < -0.39 is 0 Å². The number of hydrogen-bond donors (Lipinski definition) is 1. The third-order valence-corrected chi connectivity index (χ3v) is 6.39. The number of aryl methyl sites for hydroxylation is 1. The van der Waals surface area contributed by atoms with E-state index in [1.54, 1.807) is 40.2 Å². The largest absolute Gasteiger partial charge is 0.450 e. The van der Waals surface area contributed by atoms with Gasteiger partial charge in [0.1, 0.15) is 0 Å². The Kier molecular flexibility index (Phi) is 6.50. The van der Waals surface area contributed by atoms with Crippen molar-refractivity contribution in [1.29, 1.82) is 0 Å². The number of nitrogens with one attached hydrogen (secondary N) is 1. The van der Waals surface area contributed by atoms with Crippen molar-refractivity contribution in [3.63, 3.8) is 0 Å². The highest BCUT2D eigenvalue weighted by Crippen LogP contribution is 2.26. The van der Waals surface area contributed by atoms with Crippen LogP contribution in [0.1, 0.15) is 41.4 Å². The quantitative estimate of drug-likeness (QED) is 0.634. The molecule has 1 aliphatic heterocycles. The molecule has 168 valence electrons. The Hall–Kier alpha value is -3.27. The highest BCUT2D eigenvalue weighted by molar-refractivity contribution is 7.13. The second-order valence-corrected chi connectivity index (χ2v) is 8.62. The summed E-state index contributed by atoms with van der Waals surface area (Å²) >= 11 is 1.62. The molecule has 0 unspecified atom stereocenters. The Labute approximate surface area is 190 Å². The lowest BCUT2D eigenvalue weighted by Crippen LogP contribution is -2.46. The molecular formula is C22H26N6O3S. The van der Waals surface area contributed by atoms with Gasteiger partial charge in [-0.25, -0.2) is 19.4 Å². The van der Waals surface area contributed by atoms with Gasteiger partial charge in [0.05, 0.1) is 34.6 Å². The van der Waals surface area contributed by atoms with Gasteiger partial charge in [-0.3, -0.25) is 4.79 Å². The van der Waals surface area contributed by atoms with Crippen molar-refractivity contribution in [2.45, 2.75) is 39.7 Å². The summed E-state index contributed by atoms with van der Waals surface area (Å²) in [6.07, 6.45) is 4.39. The number of aromatic nitrogens is 4. The van der Waals surface area contributed by atoms with E-state index in [-0.39, 0.29) is 18.0 Å². The third-order valence-electron chi connectivity index (χ3n) is 5.51. The molecule has 0 bridgehead atoms. The van der Waals surface area contributed by atoms with Crippen LogP contribution < -0.4 is 5.32 Å². The minimum absolute atomic E-state index is 0.00279. The summed E-state index contributed by atoms with van der Waals surface area (Å²) in [5.74, 6) is 0.243. The second kappa shape index (κ2) is 9.47. The molecule has 0 atom stereocenters. The van der Waals surface area contributed by atoms with Gasteiger partial charge in [0.15, 0.2) is 0 Å². The van der Waals surface area contributed by atoms with Crippen molar-refractivity contribution in [2.24, 2.45) is 0 Å². The molecule has 0 saturated carbocycles. The summed E-state index contributed by atoms with van der Waals surface area (Å²) in [5.41, 5.74) is 3.00. The van der Waals surface area contributed by atoms with Gasteiger partial charge in [-0.05, 0) is 50.6 Å². The van der Waals surface area contributed by atoms with Gasteiger partial charge in [0.2, 0.25) is 0 Å². The Morgan fingerprint density at radius 1 is 1.25 bits per heavy atom. The molecule has 0 aliphatic carbocycles. The minimum atomic E-state index is -0.297. The Morgan fingerprint density at radius 3 is 2.72 bits per heavy atom. The predicted octanol–water partition coefficient (Wildman–Crippen LogP) is 3.36. The number of ether oxygens (including phenoxy) is 1. The summed E-state index contributed by atoms with van der Waals surface area (Å²) < 4.78 is 6.64. The van der Waals surface area contributed by atoms with Crippen molar-refractivity contribution in [3.8, 4) is 16.5 Å². The highest BCUT2D eigenvalue weighted by Gasteiger charge is 2.26. The Bertz CT molecular complexity index is 1100. The zero-order valence-electron chi connectivity index (χ0n) is 18.4. The van der Waals surface area contributed by atoms with Crippen LogP contribution in [-0.4, -0.2) is 62.4 Å². The number of carbonyl (C=O) groups is 2. The van der Waals surface area contributed by atoms with Crippen molar-refractivity contribution < 1.29 is 14.3 Å². The second-order valence-electron chi connectivity index (χ2n) is 7.67. The lowest BCUT2D eigenvalue weighted by Gasteiger charge is -2.31. The molecule has 1 fully saturated rings. The van der Waals surface area contributed by atoms with Gasteiger partial charge in [-0.15, -0.1) is 11.3 Å². The van der Waals surface area contributed by atoms with Crippen LogP contribution in [-0.2, 0) is 4.74 Å². The van der Waals surface area contributed by atoms with Crippen LogP contribution in [0.15, 0.2) is 29.9 Å². The van der Waals surface area contributed by atoms with E-state index in [1.165, 1.54) is 0 Å². The van der Waals surface area contributed by atoms with E-state index >= 15 is 0 Å². The van der Waals surface area contributed by atoms with E-state index in [0.29, 0.717) is 49.7 Å². The van der Waals surface area contributed by atoms with E-state index in [4.69, 9.17) is 9.72 Å². The Morgan fingerprint density at radius 2 is 2.03 bits per heavy atom. The van der Waals surface area contributed by atoms with Crippen molar-refractivity contribution in [1.82, 2.24) is 30.0 Å². The first kappa shape index (κ1) is 21.9. The maximum atomic E-state index is 12.9. The molecule has 3 aromatic heterocycles. The van der Waals surface area contributed by atoms with E-state index in [1.807, 2.05) is 31.4 Å². The molecule has 0 spiro atoms. The molecule has 32 heavy (non-hydrogen) atoms. The van der Waals surface area contributed by atoms with Crippen LogP contribution in [0.5, 0.6) is 0 Å². The fraction of sp³-hybridized carbons (Fsp3) is 0.409. The highest BCUT2D eigenvalue weighted by atomic mass is 32.1. The molecule has 0 aromatic carbocycles. The zero-order valence-corrected chi connectivity index (χ0v) is 19.2. The summed E-state index contributed by atoms with van der Waals surface area (Å²) in [6.45, 7) is 7.08. The van der Waals surface area contributed by atoms with E-state index in [9.17, 15) is 9.59 Å². The lowest BCUT2D eigenvalue weighted by molar-refractivity contribution is 0.0859. The summed E-state index contributed by atoms with van der Waals surface area (Å²) in [7, 11) is 0.